The lowest BCUT2D eigenvalue weighted by atomic mass is 10.00. The van der Waals surface area contributed by atoms with Crippen molar-refractivity contribution in [3.05, 3.63) is 18.5 Å². The summed E-state index contributed by atoms with van der Waals surface area (Å²) < 4.78 is 0. The Kier molecular flexibility index (Phi) is 3.23. The van der Waals surface area contributed by atoms with Gasteiger partial charge in [0, 0.05) is 23.7 Å². The second-order valence-corrected chi connectivity index (χ2v) is 6.39. The zero-order valence-electron chi connectivity index (χ0n) is 10.2. The third kappa shape index (κ3) is 2.65. The lowest BCUT2D eigenvalue weighted by Gasteiger charge is -2.22. The Hall–Kier alpha value is -1.12. The Bertz CT molecular complexity index is 454. The fourth-order valence-corrected chi connectivity index (χ4v) is 3.62. The molecule has 2 saturated carbocycles. The van der Waals surface area contributed by atoms with Crippen LogP contribution in [0.25, 0.3) is 0 Å². The van der Waals surface area contributed by atoms with E-state index in [0.29, 0.717) is 11.3 Å². The molecule has 18 heavy (non-hydrogen) atoms. The molecule has 94 valence electrons. The lowest BCUT2D eigenvalue weighted by molar-refractivity contribution is 0.420. The first-order valence-corrected chi connectivity index (χ1v) is 7.30. The maximum Gasteiger partial charge on any atom is 0.187 e. The van der Waals surface area contributed by atoms with Gasteiger partial charge in [0.1, 0.15) is 5.54 Å². The molecule has 0 aliphatic heterocycles. The van der Waals surface area contributed by atoms with Gasteiger partial charge in [-0.25, -0.2) is 9.97 Å². The van der Waals surface area contributed by atoms with Crippen LogP contribution in [0.2, 0.25) is 0 Å². The van der Waals surface area contributed by atoms with Crippen LogP contribution in [0.1, 0.15) is 32.1 Å². The molecule has 2 aliphatic rings. The Morgan fingerprint density at radius 2 is 2.11 bits per heavy atom. The smallest absolute Gasteiger partial charge is 0.187 e. The van der Waals surface area contributed by atoms with Gasteiger partial charge in [-0.2, -0.15) is 5.26 Å². The van der Waals surface area contributed by atoms with Crippen molar-refractivity contribution in [2.24, 2.45) is 0 Å². The number of hydrogen-bond acceptors (Lipinski definition) is 5. The predicted molar refractivity (Wildman–Crippen MR) is 70.0 cm³/mol. The maximum atomic E-state index is 9.42. The number of hydrogen-bond donors (Lipinski definition) is 1. The van der Waals surface area contributed by atoms with Crippen LogP contribution in [-0.4, -0.2) is 26.8 Å². The molecule has 4 nitrogen and oxygen atoms in total. The molecule has 2 unspecified atom stereocenters. The van der Waals surface area contributed by atoms with Crippen LogP contribution in [0, 0.1) is 11.3 Å². The molecule has 0 radical (unpaired) electrons. The normalized spacial score (nSPS) is 31.2. The first-order chi connectivity index (χ1) is 8.80. The third-order valence-corrected chi connectivity index (χ3v) is 4.71. The van der Waals surface area contributed by atoms with E-state index in [4.69, 9.17) is 0 Å². The molecule has 3 rings (SSSR count). The summed E-state index contributed by atoms with van der Waals surface area (Å²) in [5, 5.41) is 14.2. The van der Waals surface area contributed by atoms with E-state index in [0.717, 1.165) is 24.4 Å². The van der Waals surface area contributed by atoms with Crippen molar-refractivity contribution in [3.63, 3.8) is 0 Å². The second-order valence-electron chi connectivity index (χ2n) is 5.13. The largest absolute Gasteiger partial charge is 0.297 e. The molecule has 2 fully saturated rings. The lowest BCUT2D eigenvalue weighted by Crippen LogP contribution is -2.43. The van der Waals surface area contributed by atoms with E-state index in [-0.39, 0.29) is 5.54 Å². The average molecular weight is 260 g/mol. The van der Waals surface area contributed by atoms with Crippen LogP contribution >= 0.6 is 11.8 Å². The van der Waals surface area contributed by atoms with Gasteiger partial charge in [0.15, 0.2) is 5.16 Å². The maximum absolute atomic E-state index is 9.42. The summed E-state index contributed by atoms with van der Waals surface area (Å²) in [7, 11) is 0. The zero-order chi connectivity index (χ0) is 12.4. The summed E-state index contributed by atoms with van der Waals surface area (Å²) in [5.74, 6) is 0. The number of nitriles is 1. The highest BCUT2D eigenvalue weighted by atomic mass is 32.2. The molecule has 0 bridgehead atoms. The summed E-state index contributed by atoms with van der Waals surface area (Å²) in [6, 6.07) is 4.91. The van der Waals surface area contributed by atoms with E-state index in [1.54, 1.807) is 24.2 Å². The fourth-order valence-electron chi connectivity index (χ4n) is 2.48. The van der Waals surface area contributed by atoms with Gasteiger partial charge in [-0.3, -0.25) is 5.32 Å². The molecule has 0 spiro atoms. The van der Waals surface area contributed by atoms with Gasteiger partial charge in [-0.15, -0.1) is 0 Å². The topological polar surface area (TPSA) is 61.6 Å². The van der Waals surface area contributed by atoms with E-state index >= 15 is 0 Å². The van der Waals surface area contributed by atoms with E-state index in [9.17, 15) is 5.26 Å². The number of nitrogens with one attached hydrogen (secondary N) is 1. The van der Waals surface area contributed by atoms with Gasteiger partial charge in [-0.1, -0.05) is 11.8 Å². The van der Waals surface area contributed by atoms with Crippen LogP contribution in [0.5, 0.6) is 0 Å². The molecule has 1 heterocycles. The highest BCUT2D eigenvalue weighted by Gasteiger charge is 2.43. The van der Waals surface area contributed by atoms with Gasteiger partial charge in [0.25, 0.3) is 0 Å². The van der Waals surface area contributed by atoms with Gasteiger partial charge in [0.2, 0.25) is 0 Å². The SMILES string of the molecule is N#CC1(NC2CC2)CCC(Sc2ncccn2)C1. The predicted octanol–water partition coefficient (Wildman–Crippen LogP) is 2.14. The molecule has 0 aromatic carbocycles. The molecule has 0 amide bonds. The van der Waals surface area contributed by atoms with Gasteiger partial charge in [0.05, 0.1) is 6.07 Å². The van der Waals surface area contributed by atoms with Gasteiger partial charge in [-0.05, 0) is 38.2 Å². The van der Waals surface area contributed by atoms with Gasteiger partial charge < -0.3 is 0 Å². The molecule has 1 N–H and O–H groups in total. The summed E-state index contributed by atoms with van der Waals surface area (Å²) in [5.41, 5.74) is -0.298. The number of rotatable bonds is 4. The van der Waals surface area contributed by atoms with E-state index in [1.807, 2.05) is 6.07 Å². The Labute approximate surface area is 111 Å². The van der Waals surface area contributed by atoms with Crippen LogP contribution in [0.4, 0.5) is 0 Å². The molecular weight excluding hydrogens is 244 g/mol. The molecule has 2 aliphatic carbocycles. The van der Waals surface area contributed by atoms with Crippen LogP contribution in [0.3, 0.4) is 0 Å². The highest BCUT2D eigenvalue weighted by Crippen LogP contribution is 2.40. The van der Waals surface area contributed by atoms with Crippen molar-refractivity contribution in [1.29, 1.82) is 5.26 Å². The number of thioether (sulfide) groups is 1. The third-order valence-electron chi connectivity index (χ3n) is 3.56. The number of nitrogens with zero attached hydrogens (tertiary/aromatic N) is 3. The van der Waals surface area contributed by atoms with Crippen LogP contribution in [0.15, 0.2) is 23.6 Å². The average Bonchev–Trinajstić information content (AvgIpc) is 3.12. The molecule has 5 heteroatoms. The van der Waals surface area contributed by atoms with Crippen molar-refractivity contribution < 1.29 is 0 Å². The van der Waals surface area contributed by atoms with E-state index in [2.05, 4.69) is 21.4 Å². The first kappa shape index (κ1) is 11.9. The van der Waals surface area contributed by atoms with Crippen molar-refractivity contribution in [1.82, 2.24) is 15.3 Å². The van der Waals surface area contributed by atoms with Crippen LogP contribution < -0.4 is 5.32 Å². The Morgan fingerprint density at radius 3 is 2.78 bits per heavy atom. The molecule has 1 aromatic rings. The minimum absolute atomic E-state index is 0.298. The Balaban J connectivity index is 1.62. The molecular formula is C13H16N4S. The highest BCUT2D eigenvalue weighted by molar-refractivity contribution is 7.99. The van der Waals surface area contributed by atoms with Gasteiger partial charge >= 0.3 is 0 Å². The molecule has 0 saturated heterocycles. The summed E-state index contributed by atoms with van der Waals surface area (Å²) in [6.45, 7) is 0. The summed E-state index contributed by atoms with van der Waals surface area (Å²) in [4.78, 5) is 8.48. The fraction of sp³-hybridized carbons (Fsp3) is 0.615. The second kappa shape index (κ2) is 4.87. The van der Waals surface area contributed by atoms with Crippen LogP contribution in [-0.2, 0) is 0 Å². The zero-order valence-corrected chi connectivity index (χ0v) is 11.0. The standard InChI is InChI=1S/C13H16N4S/c14-9-13(17-10-2-3-10)5-4-11(8-13)18-12-15-6-1-7-16-12/h1,6-7,10-11,17H,2-5,8H2. The van der Waals surface area contributed by atoms with Crippen molar-refractivity contribution in [2.45, 2.75) is 54.1 Å². The van der Waals surface area contributed by atoms with E-state index < -0.39 is 0 Å². The summed E-state index contributed by atoms with van der Waals surface area (Å²) in [6.07, 6.45) is 8.91. The molecule has 2 atom stereocenters. The minimum atomic E-state index is -0.298. The van der Waals surface area contributed by atoms with Crippen molar-refractivity contribution >= 4 is 11.8 Å². The number of aromatic nitrogens is 2. The Morgan fingerprint density at radius 1 is 1.33 bits per heavy atom. The first-order valence-electron chi connectivity index (χ1n) is 6.42. The summed E-state index contributed by atoms with van der Waals surface area (Å²) >= 11 is 1.70. The monoisotopic (exact) mass is 260 g/mol. The minimum Gasteiger partial charge on any atom is -0.297 e. The van der Waals surface area contributed by atoms with Crippen molar-refractivity contribution in [2.75, 3.05) is 0 Å². The van der Waals surface area contributed by atoms with E-state index in [1.165, 1.54) is 12.8 Å². The quantitative estimate of drug-likeness (QED) is 0.840. The molecule has 1 aromatic heterocycles. The van der Waals surface area contributed by atoms with Crippen molar-refractivity contribution in [3.8, 4) is 6.07 Å².